The molecule has 4 heterocycles. The number of fused-ring (bicyclic) bond motifs is 3. The van der Waals surface area contributed by atoms with Crippen LogP contribution in [-0.2, 0) is 6.54 Å². The van der Waals surface area contributed by atoms with Gasteiger partial charge in [-0.3, -0.25) is 0 Å². The first-order chi connectivity index (χ1) is 13.7. The first kappa shape index (κ1) is 16.4. The Morgan fingerprint density at radius 2 is 1.86 bits per heavy atom. The van der Waals surface area contributed by atoms with Crippen LogP contribution >= 0.6 is 11.6 Å². The molecule has 1 N–H and O–H groups in total. The highest BCUT2D eigenvalue weighted by molar-refractivity contribution is 6.30. The molecule has 4 nitrogen and oxygen atoms in total. The van der Waals surface area contributed by atoms with Gasteiger partial charge in [0.1, 0.15) is 5.82 Å². The molecule has 140 valence electrons. The van der Waals surface area contributed by atoms with Gasteiger partial charge < -0.3 is 14.8 Å². The Labute approximate surface area is 168 Å². The van der Waals surface area contributed by atoms with Crippen molar-refractivity contribution in [2.24, 2.45) is 5.41 Å². The quantitative estimate of drug-likeness (QED) is 0.568. The molecule has 0 radical (unpaired) electrons. The van der Waals surface area contributed by atoms with E-state index in [1.165, 1.54) is 21.9 Å². The van der Waals surface area contributed by atoms with Crippen LogP contribution in [0.4, 0.5) is 5.82 Å². The number of pyridine rings is 1. The van der Waals surface area contributed by atoms with Crippen molar-refractivity contribution in [3.8, 4) is 0 Å². The first-order valence-electron chi connectivity index (χ1n) is 9.79. The molecule has 2 aliphatic rings. The number of hydrogen-bond donors (Lipinski definition) is 1. The zero-order valence-corrected chi connectivity index (χ0v) is 16.3. The molecule has 2 aromatic carbocycles. The van der Waals surface area contributed by atoms with Crippen molar-refractivity contribution in [3.63, 3.8) is 0 Å². The summed E-state index contributed by atoms with van der Waals surface area (Å²) in [4.78, 5) is 7.50. The Morgan fingerprint density at radius 3 is 2.64 bits per heavy atom. The van der Waals surface area contributed by atoms with E-state index in [1.807, 2.05) is 18.2 Å². The molecule has 0 saturated carbocycles. The van der Waals surface area contributed by atoms with Crippen LogP contribution in [0.25, 0.3) is 21.8 Å². The lowest BCUT2D eigenvalue weighted by Gasteiger charge is -2.56. The number of anilines is 1. The molecule has 2 fully saturated rings. The number of para-hydroxylation sites is 1. The van der Waals surface area contributed by atoms with Crippen LogP contribution in [-0.4, -0.2) is 35.7 Å². The molecule has 0 bridgehead atoms. The van der Waals surface area contributed by atoms with Crippen molar-refractivity contribution < 1.29 is 0 Å². The van der Waals surface area contributed by atoms with Gasteiger partial charge in [-0.2, -0.15) is 0 Å². The molecule has 28 heavy (non-hydrogen) atoms. The van der Waals surface area contributed by atoms with Gasteiger partial charge in [-0.15, -0.1) is 0 Å². The number of benzene rings is 2. The van der Waals surface area contributed by atoms with E-state index in [9.17, 15) is 0 Å². The fourth-order valence-corrected chi connectivity index (χ4v) is 4.93. The highest BCUT2D eigenvalue weighted by Gasteiger charge is 2.48. The number of halogens is 1. The zero-order chi connectivity index (χ0) is 18.7. The summed E-state index contributed by atoms with van der Waals surface area (Å²) in [7, 11) is 0. The summed E-state index contributed by atoms with van der Waals surface area (Å²) in [6, 6.07) is 18.8. The minimum Gasteiger partial charge on any atom is -0.355 e. The summed E-state index contributed by atoms with van der Waals surface area (Å²) >= 11 is 6.21. The second-order valence-electron chi connectivity index (χ2n) is 8.25. The molecule has 6 rings (SSSR count). The highest BCUT2D eigenvalue weighted by Crippen LogP contribution is 2.41. The Balaban J connectivity index is 1.49. The molecular formula is C23H21ClN4. The predicted octanol–water partition coefficient (Wildman–Crippen LogP) is 4.30. The summed E-state index contributed by atoms with van der Waals surface area (Å²) < 4.78 is 2.33. The molecule has 0 aliphatic carbocycles. The van der Waals surface area contributed by atoms with Gasteiger partial charge in [0.15, 0.2) is 0 Å². The van der Waals surface area contributed by atoms with E-state index < -0.39 is 0 Å². The van der Waals surface area contributed by atoms with E-state index >= 15 is 0 Å². The number of nitrogens with zero attached hydrogens (tertiary/aromatic N) is 3. The van der Waals surface area contributed by atoms with Crippen LogP contribution in [0.5, 0.6) is 0 Å². The predicted molar refractivity (Wildman–Crippen MR) is 115 cm³/mol. The van der Waals surface area contributed by atoms with Crippen molar-refractivity contribution in [2.45, 2.75) is 6.54 Å². The van der Waals surface area contributed by atoms with Crippen molar-refractivity contribution in [1.82, 2.24) is 14.9 Å². The third-order valence-corrected chi connectivity index (χ3v) is 6.42. The Kier molecular flexibility index (Phi) is 3.49. The normalized spacial score (nSPS) is 17.8. The SMILES string of the molecule is Clc1cccc(Cn2ccc3c(N4CC5(CNC5)C4)nc4ccccc4c32)c1. The monoisotopic (exact) mass is 388 g/mol. The van der Waals surface area contributed by atoms with E-state index in [4.69, 9.17) is 16.6 Å². The maximum atomic E-state index is 6.21. The largest absolute Gasteiger partial charge is 0.355 e. The van der Waals surface area contributed by atoms with Gasteiger partial charge in [0.25, 0.3) is 0 Å². The summed E-state index contributed by atoms with van der Waals surface area (Å²) in [6.07, 6.45) is 2.18. The minimum atomic E-state index is 0.475. The average molecular weight is 389 g/mol. The third kappa shape index (κ3) is 2.45. The average Bonchev–Trinajstić information content (AvgIpc) is 3.03. The van der Waals surface area contributed by atoms with Gasteiger partial charge >= 0.3 is 0 Å². The summed E-state index contributed by atoms with van der Waals surface area (Å²) in [5.41, 5.74) is 4.00. The van der Waals surface area contributed by atoms with Gasteiger partial charge in [0, 0.05) is 60.1 Å². The lowest BCUT2D eigenvalue weighted by atomic mass is 9.74. The smallest absolute Gasteiger partial charge is 0.138 e. The molecule has 2 saturated heterocycles. The number of hydrogen-bond acceptors (Lipinski definition) is 3. The summed E-state index contributed by atoms with van der Waals surface area (Å²) in [5, 5.41) is 6.64. The summed E-state index contributed by atoms with van der Waals surface area (Å²) in [5.74, 6) is 1.12. The topological polar surface area (TPSA) is 33.1 Å². The van der Waals surface area contributed by atoms with Crippen LogP contribution in [0, 0.1) is 5.41 Å². The fraction of sp³-hybridized carbons (Fsp3) is 0.261. The van der Waals surface area contributed by atoms with Gasteiger partial charge in [-0.25, -0.2) is 4.98 Å². The number of aromatic nitrogens is 2. The third-order valence-electron chi connectivity index (χ3n) is 6.18. The molecule has 0 atom stereocenters. The van der Waals surface area contributed by atoms with E-state index in [0.29, 0.717) is 5.41 Å². The van der Waals surface area contributed by atoms with Crippen LogP contribution in [0.15, 0.2) is 60.8 Å². The Morgan fingerprint density at radius 1 is 1.00 bits per heavy atom. The molecule has 5 heteroatoms. The van der Waals surface area contributed by atoms with Crippen molar-refractivity contribution in [3.05, 3.63) is 71.4 Å². The zero-order valence-electron chi connectivity index (χ0n) is 15.5. The van der Waals surface area contributed by atoms with Crippen molar-refractivity contribution in [1.29, 1.82) is 0 Å². The van der Waals surface area contributed by atoms with Crippen LogP contribution in [0.3, 0.4) is 0 Å². The molecular weight excluding hydrogens is 368 g/mol. The van der Waals surface area contributed by atoms with Crippen LogP contribution in [0.1, 0.15) is 5.56 Å². The maximum absolute atomic E-state index is 6.21. The van der Waals surface area contributed by atoms with Crippen molar-refractivity contribution >= 4 is 39.2 Å². The van der Waals surface area contributed by atoms with Crippen LogP contribution < -0.4 is 10.2 Å². The first-order valence-corrected chi connectivity index (χ1v) is 10.2. The Bertz CT molecular complexity index is 1200. The van der Waals surface area contributed by atoms with Gasteiger partial charge in [0.05, 0.1) is 11.0 Å². The van der Waals surface area contributed by atoms with E-state index in [1.54, 1.807) is 0 Å². The lowest BCUT2D eigenvalue weighted by molar-refractivity contribution is 0.121. The molecule has 2 aromatic heterocycles. The van der Waals surface area contributed by atoms with Gasteiger partial charge in [-0.05, 0) is 29.8 Å². The van der Waals surface area contributed by atoms with E-state index in [-0.39, 0.29) is 0 Å². The van der Waals surface area contributed by atoms with Gasteiger partial charge in [-0.1, -0.05) is 41.9 Å². The summed E-state index contributed by atoms with van der Waals surface area (Å²) in [6.45, 7) is 5.26. The molecule has 1 spiro atoms. The molecule has 0 unspecified atom stereocenters. The standard InChI is InChI=1S/C23H21ClN4/c24-17-5-3-4-16(10-17)11-27-9-8-19-21(27)18-6-1-2-7-20(18)26-22(19)28-14-23(15-28)12-25-13-23/h1-10,25H,11-15H2. The molecule has 0 amide bonds. The fourth-order valence-electron chi connectivity index (χ4n) is 4.72. The lowest BCUT2D eigenvalue weighted by Crippen LogP contribution is -2.71. The number of nitrogens with one attached hydrogen (secondary N) is 1. The second-order valence-corrected chi connectivity index (χ2v) is 8.68. The van der Waals surface area contributed by atoms with E-state index in [0.717, 1.165) is 49.1 Å². The Hall–Kier alpha value is -2.56. The highest BCUT2D eigenvalue weighted by atomic mass is 35.5. The second kappa shape index (κ2) is 5.97. The van der Waals surface area contributed by atoms with Gasteiger partial charge in [0.2, 0.25) is 0 Å². The minimum absolute atomic E-state index is 0.475. The maximum Gasteiger partial charge on any atom is 0.138 e. The van der Waals surface area contributed by atoms with Crippen molar-refractivity contribution in [2.75, 3.05) is 31.1 Å². The molecule has 4 aromatic rings. The number of rotatable bonds is 3. The molecule has 2 aliphatic heterocycles. The van der Waals surface area contributed by atoms with E-state index in [2.05, 4.69) is 57.4 Å². The van der Waals surface area contributed by atoms with Crippen LogP contribution in [0.2, 0.25) is 5.02 Å².